The van der Waals surface area contributed by atoms with Crippen molar-refractivity contribution in [1.82, 2.24) is 15.8 Å². The zero-order chi connectivity index (χ0) is 10.5. The second kappa shape index (κ2) is 5.44. The number of hydrogen-bond acceptors (Lipinski definition) is 4. The van der Waals surface area contributed by atoms with Crippen LogP contribution in [0.2, 0.25) is 0 Å². The molecule has 15 heavy (non-hydrogen) atoms. The van der Waals surface area contributed by atoms with Gasteiger partial charge in [0.15, 0.2) is 0 Å². The maximum absolute atomic E-state index is 11.8. The molecule has 0 aromatic rings. The van der Waals surface area contributed by atoms with Crippen LogP contribution < -0.4 is 10.7 Å². The quantitative estimate of drug-likeness (QED) is 0.640. The van der Waals surface area contributed by atoms with E-state index in [0.717, 1.165) is 39.0 Å². The van der Waals surface area contributed by atoms with Crippen molar-refractivity contribution in [3.8, 4) is 0 Å². The highest BCUT2D eigenvalue weighted by atomic mass is 16.5. The molecule has 1 atom stereocenters. The first-order valence-electron chi connectivity index (χ1n) is 5.70. The lowest BCUT2D eigenvalue weighted by Gasteiger charge is -2.30. The Kier molecular flexibility index (Phi) is 3.94. The number of nitrogens with zero attached hydrogens (tertiary/aromatic N) is 1. The minimum atomic E-state index is 0.140. The summed E-state index contributed by atoms with van der Waals surface area (Å²) in [5.74, 6) is 0.297. The minimum Gasteiger partial charge on any atom is -0.379 e. The van der Waals surface area contributed by atoms with Gasteiger partial charge in [-0.3, -0.25) is 10.2 Å². The second-order valence-electron chi connectivity index (χ2n) is 4.12. The second-order valence-corrected chi connectivity index (χ2v) is 4.12. The third-order valence-electron chi connectivity index (χ3n) is 2.95. The number of piperidine rings is 1. The van der Waals surface area contributed by atoms with Gasteiger partial charge in [-0.2, -0.15) is 0 Å². The van der Waals surface area contributed by atoms with Crippen LogP contribution in [0.4, 0.5) is 0 Å². The number of hydrogen-bond donors (Lipinski definition) is 2. The summed E-state index contributed by atoms with van der Waals surface area (Å²) in [4.78, 5) is 11.8. The fraction of sp³-hybridized carbons (Fsp3) is 0.900. The van der Waals surface area contributed by atoms with Crippen molar-refractivity contribution in [1.29, 1.82) is 0 Å². The van der Waals surface area contributed by atoms with Crippen molar-refractivity contribution in [2.45, 2.75) is 12.8 Å². The molecule has 86 valence electrons. The maximum Gasteiger partial charge on any atom is 0.238 e. The molecule has 0 saturated carbocycles. The Labute approximate surface area is 90.1 Å². The van der Waals surface area contributed by atoms with Gasteiger partial charge in [0, 0.05) is 19.6 Å². The Hall–Kier alpha value is -0.650. The van der Waals surface area contributed by atoms with Gasteiger partial charge in [-0.15, -0.1) is 0 Å². The normalized spacial score (nSPS) is 28.7. The van der Waals surface area contributed by atoms with Crippen molar-refractivity contribution >= 4 is 5.91 Å². The van der Waals surface area contributed by atoms with Crippen LogP contribution in [0.5, 0.6) is 0 Å². The number of nitrogens with one attached hydrogen (secondary N) is 2. The zero-order valence-electron chi connectivity index (χ0n) is 9.00. The Morgan fingerprint density at radius 3 is 2.87 bits per heavy atom. The molecule has 2 saturated heterocycles. The summed E-state index contributed by atoms with van der Waals surface area (Å²) in [6.45, 7) is 4.88. The van der Waals surface area contributed by atoms with E-state index in [0.29, 0.717) is 13.2 Å². The van der Waals surface area contributed by atoms with E-state index in [1.54, 1.807) is 0 Å². The lowest BCUT2D eigenvalue weighted by Crippen LogP contribution is -2.52. The summed E-state index contributed by atoms with van der Waals surface area (Å²) >= 11 is 0. The molecular weight excluding hydrogens is 194 g/mol. The number of amides is 1. The van der Waals surface area contributed by atoms with Gasteiger partial charge in [0.2, 0.25) is 5.91 Å². The average molecular weight is 213 g/mol. The summed E-state index contributed by atoms with van der Waals surface area (Å²) in [6.07, 6.45) is 2.10. The first kappa shape index (κ1) is 10.9. The molecule has 2 heterocycles. The Bertz CT molecular complexity index is 211. The van der Waals surface area contributed by atoms with E-state index >= 15 is 0 Å². The van der Waals surface area contributed by atoms with Gasteiger partial charge in [-0.05, 0) is 19.4 Å². The number of morpholine rings is 1. The molecule has 5 heteroatoms. The average Bonchev–Trinajstić information content (AvgIpc) is 2.31. The lowest BCUT2D eigenvalue weighted by molar-refractivity contribution is -0.132. The van der Waals surface area contributed by atoms with Crippen LogP contribution in [0.15, 0.2) is 0 Å². The maximum atomic E-state index is 11.8. The Balaban J connectivity index is 1.74. The number of ether oxygens (including phenoxy) is 1. The molecule has 2 N–H and O–H groups in total. The predicted molar refractivity (Wildman–Crippen MR) is 56.1 cm³/mol. The van der Waals surface area contributed by atoms with Gasteiger partial charge in [0.05, 0.1) is 19.1 Å². The molecule has 0 aromatic heterocycles. The van der Waals surface area contributed by atoms with Gasteiger partial charge >= 0.3 is 0 Å². The van der Waals surface area contributed by atoms with Gasteiger partial charge in [-0.25, -0.2) is 5.01 Å². The summed E-state index contributed by atoms with van der Waals surface area (Å²) in [5.41, 5.74) is 2.96. The number of carbonyl (C=O) groups is 1. The molecule has 1 amide bonds. The van der Waals surface area contributed by atoms with Crippen LogP contribution in [-0.2, 0) is 9.53 Å². The molecule has 2 rings (SSSR count). The van der Waals surface area contributed by atoms with E-state index in [4.69, 9.17) is 4.74 Å². The highest BCUT2D eigenvalue weighted by Gasteiger charge is 2.23. The fourth-order valence-corrected chi connectivity index (χ4v) is 2.00. The first-order valence-corrected chi connectivity index (χ1v) is 5.70. The Morgan fingerprint density at radius 1 is 1.40 bits per heavy atom. The number of rotatable bonds is 2. The number of hydrazine groups is 1. The van der Waals surface area contributed by atoms with Crippen LogP contribution in [0, 0.1) is 5.92 Å². The highest BCUT2D eigenvalue weighted by Crippen LogP contribution is 2.10. The molecule has 0 bridgehead atoms. The van der Waals surface area contributed by atoms with E-state index in [2.05, 4.69) is 10.7 Å². The van der Waals surface area contributed by atoms with Crippen molar-refractivity contribution in [3.63, 3.8) is 0 Å². The fourth-order valence-electron chi connectivity index (χ4n) is 2.00. The summed E-state index contributed by atoms with van der Waals surface area (Å²) in [5, 5.41) is 5.21. The lowest BCUT2D eigenvalue weighted by atomic mass is 9.99. The zero-order valence-corrected chi connectivity index (χ0v) is 9.00. The van der Waals surface area contributed by atoms with E-state index < -0.39 is 0 Å². The van der Waals surface area contributed by atoms with Gasteiger partial charge in [0.25, 0.3) is 0 Å². The van der Waals surface area contributed by atoms with Crippen LogP contribution >= 0.6 is 0 Å². The summed E-state index contributed by atoms with van der Waals surface area (Å²) in [7, 11) is 0. The Morgan fingerprint density at radius 2 is 2.20 bits per heavy atom. The third-order valence-corrected chi connectivity index (χ3v) is 2.95. The molecule has 0 unspecified atom stereocenters. The minimum absolute atomic E-state index is 0.140. The molecule has 2 aliphatic heterocycles. The van der Waals surface area contributed by atoms with E-state index in [1.807, 2.05) is 5.01 Å². The van der Waals surface area contributed by atoms with Gasteiger partial charge in [0.1, 0.15) is 0 Å². The number of carbonyl (C=O) groups excluding carboxylic acids is 1. The van der Waals surface area contributed by atoms with Crippen LogP contribution in [0.1, 0.15) is 12.8 Å². The van der Waals surface area contributed by atoms with Crippen molar-refractivity contribution in [3.05, 3.63) is 0 Å². The molecule has 0 aromatic carbocycles. The largest absolute Gasteiger partial charge is 0.379 e. The smallest absolute Gasteiger partial charge is 0.238 e. The molecule has 5 nitrogen and oxygen atoms in total. The van der Waals surface area contributed by atoms with Gasteiger partial charge < -0.3 is 10.1 Å². The van der Waals surface area contributed by atoms with Crippen molar-refractivity contribution in [2.75, 3.05) is 39.4 Å². The molecule has 0 spiro atoms. The predicted octanol–water partition coefficient (Wildman–Crippen LogP) is -0.651. The third kappa shape index (κ3) is 3.15. The van der Waals surface area contributed by atoms with E-state index in [-0.39, 0.29) is 11.8 Å². The summed E-state index contributed by atoms with van der Waals surface area (Å²) in [6, 6.07) is 0. The van der Waals surface area contributed by atoms with E-state index in [1.165, 1.54) is 0 Å². The topological polar surface area (TPSA) is 53.6 Å². The molecule has 2 fully saturated rings. The summed E-state index contributed by atoms with van der Waals surface area (Å²) < 4.78 is 5.22. The van der Waals surface area contributed by atoms with Crippen LogP contribution in [0.25, 0.3) is 0 Å². The highest BCUT2D eigenvalue weighted by molar-refractivity contribution is 5.78. The van der Waals surface area contributed by atoms with Gasteiger partial charge in [-0.1, -0.05) is 0 Å². The molecule has 0 radical (unpaired) electrons. The molecule has 2 aliphatic rings. The van der Waals surface area contributed by atoms with Crippen molar-refractivity contribution in [2.24, 2.45) is 5.92 Å². The van der Waals surface area contributed by atoms with E-state index in [9.17, 15) is 4.79 Å². The molecular formula is C10H19N3O2. The molecule has 0 aliphatic carbocycles. The first-order chi connectivity index (χ1) is 7.36. The monoisotopic (exact) mass is 213 g/mol. The standard InChI is InChI=1S/C10H19N3O2/c14-10(9-2-1-3-11-8-9)12-13-4-6-15-7-5-13/h9,11H,1-8H2,(H,12,14)/t9-/m0/s1. The van der Waals surface area contributed by atoms with Crippen LogP contribution in [0.3, 0.4) is 0 Å². The van der Waals surface area contributed by atoms with Crippen LogP contribution in [-0.4, -0.2) is 50.3 Å². The SMILES string of the molecule is O=C(NN1CCOCC1)[C@H]1CCCNC1. The van der Waals surface area contributed by atoms with Crippen molar-refractivity contribution < 1.29 is 9.53 Å².